The van der Waals surface area contributed by atoms with Crippen LogP contribution in [0.5, 0.6) is 5.75 Å². The predicted molar refractivity (Wildman–Crippen MR) is 105 cm³/mol. The molecule has 134 valence electrons. The molecule has 27 heavy (non-hydrogen) atoms. The summed E-state index contributed by atoms with van der Waals surface area (Å²) in [6.45, 7) is 0. The normalized spacial score (nSPS) is 10.6. The first-order valence-electron chi connectivity index (χ1n) is 7.94. The highest BCUT2D eigenvalue weighted by Crippen LogP contribution is 2.16. The van der Waals surface area contributed by atoms with Crippen molar-refractivity contribution in [3.05, 3.63) is 94.2 Å². The Bertz CT molecular complexity index is 991. The number of hydrogen-bond donors (Lipinski definition) is 1. The van der Waals surface area contributed by atoms with Crippen molar-refractivity contribution in [2.24, 2.45) is 5.10 Å². The van der Waals surface area contributed by atoms with Gasteiger partial charge in [0.1, 0.15) is 11.4 Å². The van der Waals surface area contributed by atoms with E-state index in [0.29, 0.717) is 16.9 Å². The molecule has 0 unspecified atom stereocenters. The number of aromatic nitrogens is 1. The second-order valence-electron chi connectivity index (χ2n) is 5.39. The number of hydrogen-bond acceptors (Lipinski definition) is 5. The Labute approximate surface area is 164 Å². The van der Waals surface area contributed by atoms with Crippen LogP contribution in [0.2, 0.25) is 0 Å². The van der Waals surface area contributed by atoms with E-state index in [1.807, 2.05) is 6.07 Å². The molecule has 0 bridgehead atoms. The quantitative estimate of drug-likeness (QED) is 0.292. The lowest BCUT2D eigenvalue weighted by Gasteiger charge is -2.05. The van der Waals surface area contributed by atoms with Gasteiger partial charge >= 0.3 is 5.97 Å². The number of nitrogens with one attached hydrogen (secondary N) is 1. The van der Waals surface area contributed by atoms with E-state index >= 15 is 0 Å². The molecule has 0 atom stereocenters. The third-order valence-electron chi connectivity index (χ3n) is 3.41. The number of nitrogens with zero attached hydrogens (tertiary/aromatic N) is 2. The second kappa shape index (κ2) is 8.86. The van der Waals surface area contributed by atoms with Gasteiger partial charge in [0, 0.05) is 10.7 Å². The lowest BCUT2D eigenvalue weighted by Crippen LogP contribution is -2.18. The van der Waals surface area contributed by atoms with Crippen LogP contribution in [0.25, 0.3) is 0 Å². The highest BCUT2D eigenvalue weighted by molar-refractivity contribution is 9.10. The van der Waals surface area contributed by atoms with E-state index in [2.05, 4.69) is 31.4 Å². The Morgan fingerprint density at radius 3 is 2.67 bits per heavy atom. The zero-order valence-corrected chi connectivity index (χ0v) is 15.6. The molecule has 0 aliphatic heterocycles. The van der Waals surface area contributed by atoms with Crippen LogP contribution in [0.3, 0.4) is 0 Å². The molecule has 1 N–H and O–H groups in total. The van der Waals surface area contributed by atoms with Gasteiger partial charge in [-0.15, -0.1) is 0 Å². The lowest BCUT2D eigenvalue weighted by molar-refractivity contribution is 0.0734. The van der Waals surface area contributed by atoms with E-state index < -0.39 is 11.9 Å². The third kappa shape index (κ3) is 5.32. The molecule has 0 radical (unpaired) electrons. The van der Waals surface area contributed by atoms with Crippen LogP contribution in [-0.4, -0.2) is 23.1 Å². The Kier molecular flexibility index (Phi) is 6.06. The van der Waals surface area contributed by atoms with Crippen molar-refractivity contribution in [3.63, 3.8) is 0 Å². The van der Waals surface area contributed by atoms with Crippen LogP contribution in [0.1, 0.15) is 26.4 Å². The number of pyridine rings is 1. The Morgan fingerprint density at radius 2 is 1.89 bits per heavy atom. The number of halogens is 1. The van der Waals surface area contributed by atoms with Gasteiger partial charge in [-0.2, -0.15) is 5.10 Å². The number of hydrazone groups is 1. The van der Waals surface area contributed by atoms with E-state index in [1.54, 1.807) is 60.7 Å². The molecule has 0 aliphatic rings. The second-order valence-corrected chi connectivity index (χ2v) is 6.30. The van der Waals surface area contributed by atoms with Crippen molar-refractivity contribution in [2.45, 2.75) is 0 Å². The summed E-state index contributed by atoms with van der Waals surface area (Å²) in [5.41, 5.74) is 3.76. The molecule has 1 aromatic heterocycles. The molecule has 7 heteroatoms. The Balaban J connectivity index is 1.63. The maximum Gasteiger partial charge on any atom is 0.343 e. The van der Waals surface area contributed by atoms with E-state index in [1.165, 1.54) is 12.4 Å². The van der Waals surface area contributed by atoms with Crippen LogP contribution in [0.15, 0.2) is 82.5 Å². The largest absolute Gasteiger partial charge is 0.423 e. The van der Waals surface area contributed by atoms with E-state index in [9.17, 15) is 9.59 Å². The fraction of sp³-hybridized carbons (Fsp3) is 0. The van der Waals surface area contributed by atoms with Crippen molar-refractivity contribution in [1.82, 2.24) is 10.4 Å². The van der Waals surface area contributed by atoms with E-state index in [-0.39, 0.29) is 5.69 Å². The Hall–Kier alpha value is -3.32. The summed E-state index contributed by atoms with van der Waals surface area (Å²) in [4.78, 5) is 28.0. The van der Waals surface area contributed by atoms with Crippen LogP contribution < -0.4 is 10.2 Å². The van der Waals surface area contributed by atoms with Gasteiger partial charge in [-0.05, 0) is 48.0 Å². The molecule has 0 fully saturated rings. The fourth-order valence-electron chi connectivity index (χ4n) is 2.16. The average Bonchev–Trinajstić information content (AvgIpc) is 2.69. The van der Waals surface area contributed by atoms with Gasteiger partial charge in [0.25, 0.3) is 5.91 Å². The number of carbonyl (C=O) groups excluding carboxylic acids is 2. The number of esters is 1. The van der Waals surface area contributed by atoms with Gasteiger partial charge in [-0.1, -0.05) is 40.2 Å². The molecular formula is C20H14BrN3O3. The molecule has 0 spiro atoms. The highest BCUT2D eigenvalue weighted by Gasteiger charge is 2.09. The van der Waals surface area contributed by atoms with Crippen molar-refractivity contribution in [1.29, 1.82) is 0 Å². The smallest absolute Gasteiger partial charge is 0.343 e. The first-order chi connectivity index (χ1) is 13.1. The Morgan fingerprint density at radius 1 is 1.04 bits per heavy atom. The summed E-state index contributed by atoms with van der Waals surface area (Å²) in [5.74, 6) is -0.502. The molecule has 0 saturated heterocycles. The maximum atomic E-state index is 12.2. The van der Waals surface area contributed by atoms with Crippen molar-refractivity contribution in [3.8, 4) is 5.75 Å². The molecule has 6 nitrogen and oxygen atoms in total. The summed E-state index contributed by atoms with van der Waals surface area (Å²) in [5, 5.41) is 3.90. The third-order valence-corrected chi connectivity index (χ3v) is 3.90. The van der Waals surface area contributed by atoms with Crippen LogP contribution in [0.4, 0.5) is 0 Å². The number of rotatable bonds is 5. The first kappa shape index (κ1) is 18.5. The minimum Gasteiger partial charge on any atom is -0.423 e. The molecule has 0 saturated carbocycles. The average molecular weight is 424 g/mol. The van der Waals surface area contributed by atoms with Gasteiger partial charge in [-0.3, -0.25) is 9.78 Å². The number of ether oxygens (including phenoxy) is 1. The van der Waals surface area contributed by atoms with Crippen LogP contribution in [0, 0.1) is 0 Å². The highest BCUT2D eigenvalue weighted by atomic mass is 79.9. The molecule has 0 aliphatic carbocycles. The summed E-state index contributed by atoms with van der Waals surface area (Å²) in [6.07, 6.45) is 2.99. The number of amides is 1. The standard InChI is InChI=1S/C20H14BrN3O3/c21-16-7-4-6-15(12-16)20(26)27-17-8-3-5-14(11-17)13-23-24-19(25)18-9-1-2-10-22-18/h1-13H,(H,24,25)/b23-13-. The monoisotopic (exact) mass is 423 g/mol. The molecule has 2 aromatic carbocycles. The van der Waals surface area contributed by atoms with Gasteiger partial charge in [0.15, 0.2) is 0 Å². The summed E-state index contributed by atoms with van der Waals surface area (Å²) < 4.78 is 6.17. The number of benzene rings is 2. The maximum absolute atomic E-state index is 12.2. The summed E-state index contributed by atoms with van der Waals surface area (Å²) in [7, 11) is 0. The minimum absolute atomic E-state index is 0.270. The zero-order chi connectivity index (χ0) is 19.1. The van der Waals surface area contributed by atoms with Gasteiger partial charge < -0.3 is 4.74 Å². The van der Waals surface area contributed by atoms with E-state index in [4.69, 9.17) is 4.74 Å². The summed E-state index contributed by atoms with van der Waals surface area (Å²) >= 11 is 3.32. The minimum atomic E-state index is -0.464. The topological polar surface area (TPSA) is 80.6 Å². The predicted octanol–water partition coefficient (Wildman–Crippen LogP) is 3.83. The molecule has 3 rings (SSSR count). The summed E-state index contributed by atoms with van der Waals surface area (Å²) in [6, 6.07) is 18.8. The van der Waals surface area contributed by atoms with Crippen LogP contribution in [-0.2, 0) is 0 Å². The molecule has 1 amide bonds. The zero-order valence-electron chi connectivity index (χ0n) is 14.0. The molecule has 1 heterocycles. The van der Waals surface area contributed by atoms with Gasteiger partial charge in [0.2, 0.25) is 0 Å². The van der Waals surface area contributed by atoms with Crippen molar-refractivity contribution < 1.29 is 14.3 Å². The molecular weight excluding hydrogens is 410 g/mol. The molecule has 3 aromatic rings. The van der Waals surface area contributed by atoms with E-state index in [0.717, 1.165) is 4.47 Å². The van der Waals surface area contributed by atoms with Crippen LogP contribution >= 0.6 is 15.9 Å². The van der Waals surface area contributed by atoms with Gasteiger partial charge in [-0.25, -0.2) is 10.2 Å². The lowest BCUT2D eigenvalue weighted by atomic mass is 10.2. The van der Waals surface area contributed by atoms with Gasteiger partial charge in [0.05, 0.1) is 11.8 Å². The fourth-order valence-corrected chi connectivity index (χ4v) is 2.56. The number of carbonyl (C=O) groups is 2. The van der Waals surface area contributed by atoms with Crippen molar-refractivity contribution >= 4 is 34.0 Å². The van der Waals surface area contributed by atoms with Crippen molar-refractivity contribution in [2.75, 3.05) is 0 Å². The first-order valence-corrected chi connectivity index (χ1v) is 8.73. The SMILES string of the molecule is O=C(Oc1cccc(/C=N\NC(=O)c2ccccn2)c1)c1cccc(Br)c1.